The van der Waals surface area contributed by atoms with Crippen molar-refractivity contribution in [2.75, 3.05) is 13.7 Å². The Hall–Kier alpha value is -2.99. The number of esters is 1. The van der Waals surface area contributed by atoms with Crippen LogP contribution in [0.15, 0.2) is 48.7 Å². The second-order valence-corrected chi connectivity index (χ2v) is 6.65. The van der Waals surface area contributed by atoms with Crippen molar-refractivity contribution in [2.45, 2.75) is 13.3 Å². The molecular weight excluding hydrogens is 400 g/mol. The van der Waals surface area contributed by atoms with Crippen LogP contribution in [-0.4, -0.2) is 24.7 Å². The molecule has 1 aromatic heterocycles. The van der Waals surface area contributed by atoms with Crippen LogP contribution in [0.5, 0.6) is 5.75 Å². The Morgan fingerprint density at radius 2 is 1.79 bits per heavy atom. The number of hydrogen-bond donors (Lipinski definition) is 0. The van der Waals surface area contributed by atoms with Gasteiger partial charge in [-0.3, -0.25) is 4.98 Å². The summed E-state index contributed by atoms with van der Waals surface area (Å²) in [6.07, 6.45) is 1.62. The minimum absolute atomic E-state index is 0.203. The van der Waals surface area contributed by atoms with Gasteiger partial charge in [0.25, 0.3) is 0 Å². The largest absolute Gasteiger partial charge is 0.497 e. The number of rotatable bonds is 6. The molecule has 150 valence electrons. The summed E-state index contributed by atoms with van der Waals surface area (Å²) in [6, 6.07) is 9.94. The van der Waals surface area contributed by atoms with E-state index in [-0.39, 0.29) is 24.2 Å². The van der Waals surface area contributed by atoms with E-state index >= 15 is 0 Å². The topological polar surface area (TPSA) is 48.4 Å². The Bertz CT molecular complexity index is 1040. The zero-order valence-corrected chi connectivity index (χ0v) is 16.6. The molecule has 0 amide bonds. The smallest absolute Gasteiger partial charge is 0.339 e. The molecule has 0 spiro atoms. The Kier molecular flexibility index (Phi) is 6.44. The third kappa shape index (κ3) is 4.90. The van der Waals surface area contributed by atoms with Gasteiger partial charge in [-0.1, -0.05) is 11.6 Å². The lowest BCUT2D eigenvalue weighted by Gasteiger charge is -2.13. The number of aromatic nitrogens is 1. The highest BCUT2D eigenvalue weighted by Crippen LogP contribution is 2.28. The molecule has 0 atom stereocenters. The molecule has 0 aliphatic rings. The highest BCUT2D eigenvalue weighted by atomic mass is 35.5. The normalized spacial score (nSPS) is 10.7. The summed E-state index contributed by atoms with van der Waals surface area (Å²) < 4.78 is 37.6. The first-order valence-electron chi connectivity index (χ1n) is 8.86. The van der Waals surface area contributed by atoms with Gasteiger partial charge in [0.2, 0.25) is 0 Å². The van der Waals surface area contributed by atoms with Crippen LogP contribution in [0, 0.1) is 11.6 Å². The fourth-order valence-corrected chi connectivity index (χ4v) is 3.10. The van der Waals surface area contributed by atoms with Gasteiger partial charge >= 0.3 is 5.97 Å². The highest BCUT2D eigenvalue weighted by Gasteiger charge is 2.17. The lowest BCUT2D eigenvalue weighted by molar-refractivity contribution is 0.0525. The number of carbonyl (C=O) groups is 1. The Balaban J connectivity index is 2.09. The minimum Gasteiger partial charge on any atom is -0.497 e. The Labute approximate surface area is 172 Å². The van der Waals surface area contributed by atoms with Gasteiger partial charge in [-0.15, -0.1) is 0 Å². The number of nitrogens with zero attached hydrogens (tertiary/aromatic N) is 1. The van der Waals surface area contributed by atoms with Crippen molar-refractivity contribution >= 4 is 17.6 Å². The molecule has 0 aliphatic carbocycles. The molecule has 0 saturated heterocycles. The number of ether oxygens (including phenoxy) is 2. The maximum atomic E-state index is 13.6. The van der Waals surface area contributed by atoms with Crippen molar-refractivity contribution in [2.24, 2.45) is 0 Å². The molecule has 3 aromatic rings. The summed E-state index contributed by atoms with van der Waals surface area (Å²) >= 11 is 6.31. The van der Waals surface area contributed by atoms with Gasteiger partial charge in [-0.05, 0) is 54.4 Å². The molecular formula is C22H18ClF2NO3. The van der Waals surface area contributed by atoms with Crippen LogP contribution in [0.3, 0.4) is 0 Å². The molecule has 0 N–H and O–H groups in total. The maximum Gasteiger partial charge on any atom is 0.339 e. The fraction of sp³-hybridized carbons (Fsp3) is 0.182. The van der Waals surface area contributed by atoms with Gasteiger partial charge in [-0.25, -0.2) is 13.6 Å². The minimum atomic E-state index is -0.714. The van der Waals surface area contributed by atoms with E-state index in [0.29, 0.717) is 22.0 Å². The second-order valence-electron chi connectivity index (χ2n) is 6.24. The van der Waals surface area contributed by atoms with Crippen LogP contribution >= 0.6 is 11.6 Å². The first kappa shape index (κ1) is 20.7. The molecule has 2 aromatic carbocycles. The first-order chi connectivity index (χ1) is 13.9. The average Bonchev–Trinajstić information content (AvgIpc) is 2.69. The lowest BCUT2D eigenvalue weighted by Crippen LogP contribution is -2.10. The third-order valence-electron chi connectivity index (χ3n) is 4.28. The molecule has 0 radical (unpaired) electrons. The van der Waals surface area contributed by atoms with Crippen molar-refractivity contribution in [3.8, 4) is 17.0 Å². The van der Waals surface area contributed by atoms with E-state index in [2.05, 4.69) is 4.98 Å². The first-order valence-corrected chi connectivity index (χ1v) is 9.24. The van der Waals surface area contributed by atoms with Crippen molar-refractivity contribution < 1.29 is 23.0 Å². The number of benzene rings is 2. The maximum absolute atomic E-state index is 13.6. The summed E-state index contributed by atoms with van der Waals surface area (Å²) in [5, 5.41) is 0.496. The van der Waals surface area contributed by atoms with E-state index in [0.717, 1.165) is 11.6 Å². The number of halogens is 3. The molecule has 0 bridgehead atoms. The zero-order chi connectivity index (χ0) is 21.0. The van der Waals surface area contributed by atoms with Gasteiger partial charge in [0.1, 0.15) is 17.4 Å². The van der Waals surface area contributed by atoms with Gasteiger partial charge in [0.15, 0.2) is 0 Å². The van der Waals surface area contributed by atoms with Crippen LogP contribution in [0.25, 0.3) is 11.3 Å². The van der Waals surface area contributed by atoms with Crippen LogP contribution < -0.4 is 4.74 Å². The second kappa shape index (κ2) is 9.01. The Morgan fingerprint density at radius 3 is 2.45 bits per heavy atom. The van der Waals surface area contributed by atoms with Crippen LogP contribution in [-0.2, 0) is 11.2 Å². The molecule has 0 aliphatic heterocycles. The fourth-order valence-electron chi connectivity index (χ4n) is 2.91. The van der Waals surface area contributed by atoms with E-state index in [4.69, 9.17) is 21.1 Å². The summed E-state index contributed by atoms with van der Waals surface area (Å²) in [7, 11) is 1.54. The molecule has 29 heavy (non-hydrogen) atoms. The quantitative estimate of drug-likeness (QED) is 0.500. The summed E-state index contributed by atoms with van der Waals surface area (Å²) in [4.78, 5) is 16.6. The van der Waals surface area contributed by atoms with Crippen LogP contribution in [0.4, 0.5) is 8.78 Å². The summed E-state index contributed by atoms with van der Waals surface area (Å²) in [5.41, 5.74) is 2.13. The number of carbonyl (C=O) groups excluding carboxylic acids is 1. The lowest BCUT2D eigenvalue weighted by atomic mass is 9.98. The van der Waals surface area contributed by atoms with Gasteiger partial charge < -0.3 is 9.47 Å². The molecule has 0 fully saturated rings. The van der Waals surface area contributed by atoms with Crippen molar-refractivity contribution in [3.63, 3.8) is 0 Å². The van der Waals surface area contributed by atoms with Crippen LogP contribution in [0.1, 0.15) is 28.4 Å². The summed E-state index contributed by atoms with van der Waals surface area (Å²) in [5.74, 6) is -1.35. The van der Waals surface area contributed by atoms with Gasteiger partial charge in [0.05, 0.1) is 25.0 Å². The van der Waals surface area contributed by atoms with Crippen molar-refractivity contribution in [3.05, 3.63) is 82.0 Å². The number of hydrogen-bond acceptors (Lipinski definition) is 4. The molecule has 0 unspecified atom stereocenters. The monoisotopic (exact) mass is 417 g/mol. The predicted octanol–water partition coefficient (Wildman–Crippen LogP) is 5.46. The van der Waals surface area contributed by atoms with Crippen molar-refractivity contribution in [1.29, 1.82) is 0 Å². The zero-order valence-electron chi connectivity index (χ0n) is 15.8. The third-order valence-corrected chi connectivity index (χ3v) is 4.65. The van der Waals surface area contributed by atoms with E-state index in [9.17, 15) is 13.6 Å². The molecule has 7 heteroatoms. The highest BCUT2D eigenvalue weighted by molar-refractivity contribution is 6.31. The molecule has 3 rings (SSSR count). The molecule has 0 saturated carbocycles. The SMILES string of the molecule is CCOC(=O)c1cnc(-c2cc(F)cc(F)c2)cc1Cc1cc(OC)ccc1Cl. The molecule has 1 heterocycles. The summed E-state index contributed by atoms with van der Waals surface area (Å²) in [6.45, 7) is 1.91. The average molecular weight is 418 g/mol. The van der Waals surface area contributed by atoms with E-state index in [1.54, 1.807) is 38.3 Å². The van der Waals surface area contributed by atoms with E-state index in [1.165, 1.54) is 18.3 Å². The van der Waals surface area contributed by atoms with E-state index < -0.39 is 17.6 Å². The number of methoxy groups -OCH3 is 1. The number of pyridine rings is 1. The Morgan fingerprint density at radius 1 is 1.07 bits per heavy atom. The standard InChI is InChI=1S/C22H18ClF2NO3/c1-3-29-22(27)19-12-26-21(15-7-16(24)11-17(25)8-15)10-13(19)6-14-9-18(28-2)4-5-20(14)23/h4-5,7-12H,3,6H2,1-2H3. The predicted molar refractivity (Wildman–Crippen MR) is 106 cm³/mol. The molecule has 4 nitrogen and oxygen atoms in total. The van der Waals surface area contributed by atoms with E-state index in [1.807, 2.05) is 0 Å². The van der Waals surface area contributed by atoms with Crippen molar-refractivity contribution in [1.82, 2.24) is 4.98 Å². The van der Waals surface area contributed by atoms with Crippen LogP contribution in [0.2, 0.25) is 5.02 Å². The van der Waals surface area contributed by atoms with Gasteiger partial charge in [0, 0.05) is 29.3 Å². The van der Waals surface area contributed by atoms with Gasteiger partial charge in [-0.2, -0.15) is 0 Å².